The van der Waals surface area contributed by atoms with Crippen molar-refractivity contribution in [3.8, 4) is 0 Å². The molecule has 2 unspecified atom stereocenters. The highest BCUT2D eigenvalue weighted by atomic mass is 16.2. The second-order valence-electron chi connectivity index (χ2n) is 7.01. The maximum atomic E-state index is 12.6. The Labute approximate surface area is 136 Å². The van der Waals surface area contributed by atoms with Gasteiger partial charge in [0.25, 0.3) is 5.91 Å². The molecule has 1 spiro atoms. The molecule has 3 N–H and O–H groups in total. The Morgan fingerprint density at radius 2 is 2.13 bits per heavy atom. The van der Waals surface area contributed by atoms with Crippen molar-refractivity contribution in [3.05, 3.63) is 0 Å². The van der Waals surface area contributed by atoms with Crippen LogP contribution in [0.1, 0.15) is 45.4 Å². The van der Waals surface area contributed by atoms with Crippen molar-refractivity contribution in [2.45, 2.75) is 57.0 Å². The molecule has 7 heteroatoms. The number of carbonyl (C=O) groups is 3. The first kappa shape index (κ1) is 16.2. The van der Waals surface area contributed by atoms with Crippen LogP contribution in [-0.4, -0.2) is 54.0 Å². The van der Waals surface area contributed by atoms with E-state index in [-0.39, 0.29) is 11.8 Å². The van der Waals surface area contributed by atoms with E-state index in [9.17, 15) is 14.4 Å². The Morgan fingerprint density at radius 1 is 1.39 bits per heavy atom. The molecule has 7 nitrogen and oxygen atoms in total. The SMILES string of the molecule is CC(C(=O)NCCC1CCNC1)N1C(=O)NC2(CCCC2)C1=O. The molecule has 0 aromatic rings. The van der Waals surface area contributed by atoms with Gasteiger partial charge in [0.05, 0.1) is 0 Å². The number of nitrogens with one attached hydrogen (secondary N) is 3. The average molecular weight is 322 g/mol. The van der Waals surface area contributed by atoms with Crippen LogP contribution >= 0.6 is 0 Å². The van der Waals surface area contributed by atoms with Crippen LogP contribution in [0.25, 0.3) is 0 Å². The number of urea groups is 1. The molecule has 0 aromatic heterocycles. The lowest BCUT2D eigenvalue weighted by Crippen LogP contribution is -2.50. The zero-order chi connectivity index (χ0) is 16.4. The van der Waals surface area contributed by atoms with E-state index in [2.05, 4.69) is 16.0 Å². The maximum Gasteiger partial charge on any atom is 0.325 e. The summed E-state index contributed by atoms with van der Waals surface area (Å²) in [7, 11) is 0. The molecule has 2 atom stereocenters. The summed E-state index contributed by atoms with van der Waals surface area (Å²) in [6, 6.07) is -1.19. The molecule has 0 bridgehead atoms. The molecule has 3 rings (SSSR count). The molecule has 2 saturated heterocycles. The quantitative estimate of drug-likeness (QED) is 0.637. The third kappa shape index (κ3) is 3.06. The van der Waals surface area contributed by atoms with Crippen LogP contribution < -0.4 is 16.0 Å². The van der Waals surface area contributed by atoms with Gasteiger partial charge in [-0.15, -0.1) is 0 Å². The minimum absolute atomic E-state index is 0.234. The largest absolute Gasteiger partial charge is 0.354 e. The predicted molar refractivity (Wildman–Crippen MR) is 84.6 cm³/mol. The van der Waals surface area contributed by atoms with E-state index in [1.807, 2.05) is 0 Å². The monoisotopic (exact) mass is 322 g/mol. The fraction of sp³-hybridized carbons (Fsp3) is 0.812. The topological polar surface area (TPSA) is 90.5 Å². The fourth-order valence-corrected chi connectivity index (χ4v) is 3.94. The molecule has 128 valence electrons. The van der Waals surface area contributed by atoms with Crippen molar-refractivity contribution < 1.29 is 14.4 Å². The van der Waals surface area contributed by atoms with Crippen molar-refractivity contribution >= 4 is 17.8 Å². The lowest BCUT2D eigenvalue weighted by Gasteiger charge is -2.23. The maximum absolute atomic E-state index is 12.6. The minimum Gasteiger partial charge on any atom is -0.354 e. The molecule has 1 aliphatic carbocycles. The highest BCUT2D eigenvalue weighted by Crippen LogP contribution is 2.35. The van der Waals surface area contributed by atoms with E-state index in [4.69, 9.17) is 0 Å². The van der Waals surface area contributed by atoms with Crippen molar-refractivity contribution in [1.29, 1.82) is 0 Å². The molecule has 4 amide bonds. The van der Waals surface area contributed by atoms with Gasteiger partial charge in [0.2, 0.25) is 5.91 Å². The Kier molecular flexibility index (Phi) is 4.57. The number of nitrogens with zero attached hydrogens (tertiary/aromatic N) is 1. The first-order valence-electron chi connectivity index (χ1n) is 8.68. The van der Waals surface area contributed by atoms with E-state index in [0.717, 1.165) is 43.7 Å². The first-order chi connectivity index (χ1) is 11.0. The third-order valence-corrected chi connectivity index (χ3v) is 5.43. The molecular weight excluding hydrogens is 296 g/mol. The normalized spacial score (nSPS) is 27.5. The highest BCUT2D eigenvalue weighted by molar-refractivity contribution is 6.09. The molecule has 2 heterocycles. The van der Waals surface area contributed by atoms with Crippen molar-refractivity contribution in [3.63, 3.8) is 0 Å². The second-order valence-corrected chi connectivity index (χ2v) is 7.01. The van der Waals surface area contributed by atoms with Gasteiger partial charge < -0.3 is 16.0 Å². The molecule has 1 saturated carbocycles. The van der Waals surface area contributed by atoms with Crippen LogP contribution in [0.4, 0.5) is 4.79 Å². The molecule has 23 heavy (non-hydrogen) atoms. The van der Waals surface area contributed by atoms with Crippen molar-refractivity contribution in [2.24, 2.45) is 5.92 Å². The summed E-state index contributed by atoms with van der Waals surface area (Å²) < 4.78 is 0. The van der Waals surface area contributed by atoms with Gasteiger partial charge in [0.15, 0.2) is 0 Å². The van der Waals surface area contributed by atoms with Gasteiger partial charge in [-0.2, -0.15) is 0 Å². The van der Waals surface area contributed by atoms with E-state index in [1.54, 1.807) is 6.92 Å². The standard InChI is InChI=1S/C16H26N4O3/c1-11(13(21)18-9-5-12-4-8-17-10-12)20-14(22)16(19-15(20)23)6-2-3-7-16/h11-12,17H,2-10H2,1H3,(H,18,21)(H,19,23). The van der Waals surface area contributed by atoms with Gasteiger partial charge in [0.1, 0.15) is 11.6 Å². The Bertz CT molecular complexity index is 496. The number of rotatable bonds is 5. The Morgan fingerprint density at radius 3 is 2.78 bits per heavy atom. The van der Waals surface area contributed by atoms with Gasteiger partial charge in [-0.05, 0) is 51.6 Å². The molecule has 0 radical (unpaired) electrons. The Balaban J connectivity index is 1.54. The summed E-state index contributed by atoms with van der Waals surface area (Å²) >= 11 is 0. The molecular formula is C16H26N4O3. The van der Waals surface area contributed by atoms with E-state index >= 15 is 0 Å². The van der Waals surface area contributed by atoms with Gasteiger partial charge in [-0.1, -0.05) is 12.8 Å². The lowest BCUT2D eigenvalue weighted by molar-refractivity contribution is -0.137. The van der Waals surface area contributed by atoms with Gasteiger partial charge in [-0.25, -0.2) is 9.69 Å². The van der Waals surface area contributed by atoms with E-state index < -0.39 is 17.6 Å². The number of imide groups is 1. The van der Waals surface area contributed by atoms with Crippen LogP contribution in [0.2, 0.25) is 0 Å². The number of hydrogen-bond donors (Lipinski definition) is 3. The smallest absolute Gasteiger partial charge is 0.325 e. The summed E-state index contributed by atoms with van der Waals surface area (Å²) in [6.45, 7) is 4.25. The summed E-state index contributed by atoms with van der Waals surface area (Å²) in [5, 5.41) is 8.98. The van der Waals surface area contributed by atoms with Crippen LogP contribution in [0.3, 0.4) is 0 Å². The number of carbonyl (C=O) groups excluding carboxylic acids is 3. The summed E-state index contributed by atoms with van der Waals surface area (Å²) in [4.78, 5) is 38.2. The molecule has 0 aromatic carbocycles. The lowest BCUT2D eigenvalue weighted by atomic mass is 9.97. The van der Waals surface area contributed by atoms with Crippen molar-refractivity contribution in [1.82, 2.24) is 20.9 Å². The second kappa shape index (κ2) is 6.47. The minimum atomic E-state index is -0.760. The molecule has 2 aliphatic heterocycles. The average Bonchev–Trinajstić information content (AvgIpc) is 3.23. The molecule has 3 fully saturated rings. The molecule has 3 aliphatic rings. The Hall–Kier alpha value is -1.63. The van der Waals surface area contributed by atoms with Gasteiger partial charge in [0, 0.05) is 6.54 Å². The van der Waals surface area contributed by atoms with Crippen LogP contribution in [0.15, 0.2) is 0 Å². The number of amides is 4. The summed E-state index contributed by atoms with van der Waals surface area (Å²) in [5.41, 5.74) is -0.749. The third-order valence-electron chi connectivity index (χ3n) is 5.43. The van der Waals surface area contributed by atoms with Crippen molar-refractivity contribution in [2.75, 3.05) is 19.6 Å². The van der Waals surface area contributed by atoms with Crippen LogP contribution in [0.5, 0.6) is 0 Å². The predicted octanol–water partition coefficient (Wildman–Crippen LogP) is 0.355. The van der Waals surface area contributed by atoms with E-state index in [1.165, 1.54) is 0 Å². The summed E-state index contributed by atoms with van der Waals surface area (Å²) in [6.07, 6.45) is 5.30. The van der Waals surface area contributed by atoms with Crippen LogP contribution in [-0.2, 0) is 9.59 Å². The van der Waals surface area contributed by atoms with Gasteiger partial charge >= 0.3 is 6.03 Å². The fourth-order valence-electron chi connectivity index (χ4n) is 3.94. The van der Waals surface area contributed by atoms with Gasteiger partial charge in [-0.3, -0.25) is 9.59 Å². The first-order valence-corrected chi connectivity index (χ1v) is 8.68. The number of hydrogen-bond acceptors (Lipinski definition) is 4. The zero-order valence-electron chi connectivity index (χ0n) is 13.7. The highest BCUT2D eigenvalue weighted by Gasteiger charge is 2.54. The summed E-state index contributed by atoms with van der Waals surface area (Å²) in [5.74, 6) is 0.112. The zero-order valence-corrected chi connectivity index (χ0v) is 13.7. The van der Waals surface area contributed by atoms with E-state index in [0.29, 0.717) is 25.3 Å². The van der Waals surface area contributed by atoms with Crippen LogP contribution in [0, 0.1) is 5.92 Å².